The first-order valence-electron chi connectivity index (χ1n) is 11.7. The van der Waals surface area contributed by atoms with Gasteiger partial charge in [0, 0.05) is 55.9 Å². The first-order valence-corrected chi connectivity index (χ1v) is 11.7. The third-order valence-electron chi connectivity index (χ3n) is 6.83. The SMILES string of the molecule is [B]c1cnc(NC(=C(C)C)c2ccc(C)cc2)c(C)c1N1CCN(CC2CCC2)CC1. The maximum absolute atomic E-state index is 6.43. The maximum Gasteiger partial charge on any atom is 0.135 e. The lowest BCUT2D eigenvalue weighted by atomic mass is 9.85. The fourth-order valence-electron chi connectivity index (χ4n) is 4.69. The van der Waals surface area contributed by atoms with E-state index in [-0.39, 0.29) is 0 Å². The molecule has 4 rings (SSSR count). The third-order valence-corrected chi connectivity index (χ3v) is 6.83. The van der Waals surface area contributed by atoms with Gasteiger partial charge in [0.25, 0.3) is 0 Å². The van der Waals surface area contributed by atoms with E-state index in [2.05, 4.69) is 72.1 Å². The van der Waals surface area contributed by atoms with Gasteiger partial charge in [0.15, 0.2) is 0 Å². The second-order valence-electron chi connectivity index (χ2n) is 9.49. The third kappa shape index (κ3) is 4.98. The van der Waals surface area contributed by atoms with Crippen molar-refractivity contribution in [2.24, 2.45) is 5.92 Å². The molecular weight excluding hydrogens is 379 g/mol. The molecule has 1 saturated carbocycles. The molecule has 0 atom stereocenters. The normalized spacial score (nSPS) is 17.4. The molecule has 4 nitrogen and oxygen atoms in total. The molecule has 1 N–H and O–H groups in total. The maximum atomic E-state index is 6.43. The summed E-state index contributed by atoms with van der Waals surface area (Å²) in [5.74, 6) is 1.82. The molecule has 0 spiro atoms. The highest BCUT2D eigenvalue weighted by molar-refractivity contribution is 6.36. The minimum absolute atomic E-state index is 0.768. The average molecular weight is 414 g/mol. The molecule has 5 heteroatoms. The Morgan fingerprint density at radius 1 is 1.06 bits per heavy atom. The van der Waals surface area contributed by atoms with Crippen molar-refractivity contribution < 1.29 is 0 Å². The van der Waals surface area contributed by atoms with E-state index in [1.54, 1.807) is 0 Å². The number of hydrogen-bond donors (Lipinski definition) is 1. The van der Waals surface area contributed by atoms with Gasteiger partial charge >= 0.3 is 0 Å². The van der Waals surface area contributed by atoms with Gasteiger partial charge in [-0.3, -0.25) is 4.90 Å². The van der Waals surface area contributed by atoms with E-state index >= 15 is 0 Å². The first kappa shape index (κ1) is 21.9. The molecule has 1 aliphatic carbocycles. The summed E-state index contributed by atoms with van der Waals surface area (Å²) in [6.45, 7) is 14.1. The summed E-state index contributed by atoms with van der Waals surface area (Å²) in [4.78, 5) is 9.74. The zero-order chi connectivity index (χ0) is 22.0. The van der Waals surface area contributed by atoms with Crippen LogP contribution in [0.3, 0.4) is 0 Å². The number of pyridine rings is 1. The summed E-state index contributed by atoms with van der Waals surface area (Å²) in [7, 11) is 6.43. The lowest BCUT2D eigenvalue weighted by Gasteiger charge is -2.40. The van der Waals surface area contributed by atoms with Gasteiger partial charge in [-0.15, -0.1) is 0 Å². The topological polar surface area (TPSA) is 31.4 Å². The van der Waals surface area contributed by atoms with Gasteiger partial charge in [0.05, 0.1) is 0 Å². The van der Waals surface area contributed by atoms with E-state index in [1.165, 1.54) is 42.5 Å². The molecular formula is C26H35BN4. The van der Waals surface area contributed by atoms with Crippen molar-refractivity contribution in [3.8, 4) is 0 Å². The minimum atomic E-state index is 0.768. The van der Waals surface area contributed by atoms with Crippen LogP contribution >= 0.6 is 0 Å². The van der Waals surface area contributed by atoms with E-state index in [4.69, 9.17) is 7.85 Å². The predicted molar refractivity (Wildman–Crippen MR) is 133 cm³/mol. The molecule has 1 saturated heterocycles. The Bertz CT molecular complexity index is 935. The lowest BCUT2D eigenvalue weighted by Crippen LogP contribution is -2.49. The number of piperazine rings is 1. The van der Waals surface area contributed by atoms with Crippen molar-refractivity contribution in [3.63, 3.8) is 0 Å². The molecule has 2 heterocycles. The molecule has 2 fully saturated rings. The molecule has 0 unspecified atom stereocenters. The average Bonchev–Trinajstić information content (AvgIpc) is 2.72. The summed E-state index contributed by atoms with van der Waals surface area (Å²) in [5.41, 5.74) is 7.80. The molecule has 1 aromatic carbocycles. The molecule has 2 aliphatic rings. The highest BCUT2D eigenvalue weighted by Gasteiger charge is 2.25. The van der Waals surface area contributed by atoms with E-state index in [1.807, 2.05) is 6.20 Å². The van der Waals surface area contributed by atoms with E-state index in [0.717, 1.165) is 60.3 Å². The van der Waals surface area contributed by atoms with Crippen molar-refractivity contribution in [3.05, 3.63) is 52.7 Å². The first-order chi connectivity index (χ1) is 14.9. The fourth-order valence-corrected chi connectivity index (χ4v) is 4.69. The van der Waals surface area contributed by atoms with Gasteiger partial charge in [0.1, 0.15) is 13.7 Å². The molecule has 0 amide bonds. The highest BCUT2D eigenvalue weighted by atomic mass is 15.3. The summed E-state index contributed by atoms with van der Waals surface area (Å²) < 4.78 is 0. The number of anilines is 2. The van der Waals surface area contributed by atoms with Gasteiger partial charge in [-0.1, -0.05) is 47.3 Å². The van der Waals surface area contributed by atoms with E-state index in [9.17, 15) is 0 Å². The Kier molecular flexibility index (Phi) is 6.71. The molecule has 2 aromatic rings. The van der Waals surface area contributed by atoms with Crippen LogP contribution in [0.2, 0.25) is 0 Å². The summed E-state index contributed by atoms with van der Waals surface area (Å²) in [6.07, 6.45) is 6.06. The highest BCUT2D eigenvalue weighted by Crippen LogP contribution is 2.30. The second kappa shape index (κ2) is 9.48. The van der Waals surface area contributed by atoms with Gasteiger partial charge < -0.3 is 10.2 Å². The van der Waals surface area contributed by atoms with Crippen LogP contribution < -0.4 is 15.7 Å². The van der Waals surface area contributed by atoms with Crippen LogP contribution in [0.5, 0.6) is 0 Å². The fraction of sp³-hybridized carbons (Fsp3) is 0.500. The Hall–Kier alpha value is -2.27. The van der Waals surface area contributed by atoms with Crippen LogP contribution in [-0.4, -0.2) is 50.5 Å². The van der Waals surface area contributed by atoms with E-state index < -0.39 is 0 Å². The summed E-state index contributed by atoms with van der Waals surface area (Å²) in [5, 5.41) is 3.62. The number of nitrogens with one attached hydrogen (secondary N) is 1. The lowest BCUT2D eigenvalue weighted by molar-refractivity contribution is 0.170. The number of allylic oxidation sites excluding steroid dienone is 1. The summed E-state index contributed by atoms with van der Waals surface area (Å²) in [6, 6.07) is 8.63. The molecule has 2 radical (unpaired) electrons. The van der Waals surface area contributed by atoms with Gasteiger partial charge in [-0.05, 0) is 52.0 Å². The molecule has 1 aliphatic heterocycles. The Morgan fingerprint density at radius 3 is 2.32 bits per heavy atom. The number of benzene rings is 1. The number of rotatable bonds is 6. The van der Waals surface area contributed by atoms with Gasteiger partial charge in [-0.25, -0.2) is 4.98 Å². The smallest absolute Gasteiger partial charge is 0.135 e. The van der Waals surface area contributed by atoms with Crippen LogP contribution in [0, 0.1) is 19.8 Å². The molecule has 1 aromatic heterocycles. The van der Waals surface area contributed by atoms with Crippen molar-refractivity contribution in [2.45, 2.75) is 47.0 Å². The second-order valence-corrected chi connectivity index (χ2v) is 9.49. The number of aryl methyl sites for hydroxylation is 1. The monoisotopic (exact) mass is 414 g/mol. The van der Waals surface area contributed by atoms with Crippen molar-refractivity contribution in [2.75, 3.05) is 42.9 Å². The standard InChI is InChI=1S/C26H35BN4/c1-18(2)24(22-10-8-19(3)9-11-22)29-26-20(4)25(23(27)16-28-26)31-14-12-30(13-15-31)17-21-6-5-7-21/h8-11,16,21H,5-7,12-15,17H2,1-4H3,(H,28,29). The van der Waals surface area contributed by atoms with Crippen molar-refractivity contribution in [1.82, 2.24) is 9.88 Å². The van der Waals surface area contributed by atoms with Crippen LogP contribution in [0.1, 0.15) is 49.8 Å². The van der Waals surface area contributed by atoms with Crippen LogP contribution in [-0.2, 0) is 0 Å². The van der Waals surface area contributed by atoms with Crippen molar-refractivity contribution >= 4 is 30.5 Å². The van der Waals surface area contributed by atoms with Crippen LogP contribution in [0.4, 0.5) is 11.5 Å². The molecule has 162 valence electrons. The van der Waals surface area contributed by atoms with E-state index in [0.29, 0.717) is 0 Å². The Balaban J connectivity index is 1.52. The van der Waals surface area contributed by atoms with Crippen LogP contribution in [0.25, 0.3) is 5.70 Å². The Morgan fingerprint density at radius 2 is 1.74 bits per heavy atom. The summed E-state index contributed by atoms with van der Waals surface area (Å²) >= 11 is 0. The largest absolute Gasteiger partial charge is 0.369 e. The van der Waals surface area contributed by atoms with Crippen molar-refractivity contribution in [1.29, 1.82) is 0 Å². The number of aromatic nitrogens is 1. The minimum Gasteiger partial charge on any atom is -0.369 e. The molecule has 0 bridgehead atoms. The van der Waals surface area contributed by atoms with Gasteiger partial charge in [-0.2, -0.15) is 0 Å². The predicted octanol–water partition coefficient (Wildman–Crippen LogP) is 4.28. The molecule has 31 heavy (non-hydrogen) atoms. The quantitative estimate of drug-likeness (QED) is 0.716. The van der Waals surface area contributed by atoms with Gasteiger partial charge in [0.2, 0.25) is 0 Å². The Labute approximate surface area is 189 Å². The number of nitrogens with zero attached hydrogens (tertiary/aromatic N) is 3. The number of hydrogen-bond acceptors (Lipinski definition) is 4. The zero-order valence-corrected chi connectivity index (χ0v) is 19.5. The zero-order valence-electron chi connectivity index (χ0n) is 19.5. The van der Waals surface area contributed by atoms with Crippen LogP contribution in [0.15, 0.2) is 36.0 Å².